The third-order valence-electron chi connectivity index (χ3n) is 10.1. The summed E-state index contributed by atoms with van der Waals surface area (Å²) in [4.78, 5) is 15.1. The van der Waals surface area contributed by atoms with Gasteiger partial charge in [-0.3, -0.25) is 0 Å². The van der Waals surface area contributed by atoms with Crippen molar-refractivity contribution in [2.45, 2.75) is 0 Å². The Morgan fingerprint density at radius 3 is 1.13 bits per heavy atom. The monoisotopic (exact) mass is 703 g/mol. The maximum Gasteiger partial charge on any atom is 0.164 e. The van der Waals surface area contributed by atoms with Gasteiger partial charge in [0.25, 0.3) is 0 Å². The van der Waals surface area contributed by atoms with E-state index in [1.165, 1.54) is 11.1 Å². The van der Waals surface area contributed by atoms with Gasteiger partial charge in [0, 0.05) is 38.6 Å². The summed E-state index contributed by atoms with van der Waals surface area (Å²) in [5.74, 6) is 1.85. The van der Waals surface area contributed by atoms with Crippen molar-refractivity contribution in [2.75, 3.05) is 0 Å². The van der Waals surface area contributed by atoms with Crippen LogP contribution in [0.2, 0.25) is 0 Å². The highest BCUT2D eigenvalue weighted by molar-refractivity contribution is 6.13. The Bertz CT molecular complexity index is 2880. The Hall–Kier alpha value is -7.43. The molecule has 0 spiro atoms. The van der Waals surface area contributed by atoms with Gasteiger partial charge in [0.05, 0.1) is 0 Å². The molecule has 0 aliphatic rings. The van der Waals surface area contributed by atoms with Crippen molar-refractivity contribution in [1.82, 2.24) is 15.0 Å². The molecule has 0 atom stereocenters. The number of benzene rings is 8. The summed E-state index contributed by atoms with van der Waals surface area (Å²) >= 11 is 0. The summed E-state index contributed by atoms with van der Waals surface area (Å²) in [6.45, 7) is 0. The van der Waals surface area contributed by atoms with Crippen molar-refractivity contribution in [1.29, 1.82) is 0 Å². The van der Waals surface area contributed by atoms with Crippen molar-refractivity contribution in [2.24, 2.45) is 0 Å². The van der Waals surface area contributed by atoms with Crippen LogP contribution in [0.1, 0.15) is 0 Å². The molecule has 2 heterocycles. The quantitative estimate of drug-likeness (QED) is 0.166. The zero-order valence-corrected chi connectivity index (χ0v) is 29.8. The van der Waals surface area contributed by atoms with Crippen molar-refractivity contribution >= 4 is 21.9 Å². The van der Waals surface area contributed by atoms with Gasteiger partial charge >= 0.3 is 0 Å². The molecule has 0 amide bonds. The second kappa shape index (κ2) is 13.8. The van der Waals surface area contributed by atoms with E-state index < -0.39 is 0 Å². The number of hydrogen-bond acceptors (Lipinski definition) is 4. The van der Waals surface area contributed by atoms with E-state index in [1.807, 2.05) is 72.8 Å². The number of furan rings is 1. The highest BCUT2D eigenvalue weighted by Gasteiger charge is 2.19. The van der Waals surface area contributed by atoms with Gasteiger partial charge < -0.3 is 4.42 Å². The molecule has 258 valence electrons. The van der Waals surface area contributed by atoms with E-state index in [-0.39, 0.29) is 0 Å². The molecule has 0 saturated heterocycles. The lowest BCUT2D eigenvalue weighted by Crippen LogP contribution is -2.00. The van der Waals surface area contributed by atoms with Crippen molar-refractivity contribution in [3.05, 3.63) is 200 Å². The number of nitrogens with zero attached hydrogens (tertiary/aromatic N) is 3. The lowest BCUT2D eigenvalue weighted by molar-refractivity contribution is 0.671. The minimum atomic E-state index is 0.602. The summed E-state index contributed by atoms with van der Waals surface area (Å²) in [6, 6.07) is 69.3. The molecule has 0 aliphatic heterocycles. The average molecular weight is 704 g/mol. The van der Waals surface area contributed by atoms with Gasteiger partial charge in [-0.05, 0) is 51.6 Å². The van der Waals surface area contributed by atoms with E-state index in [0.717, 1.165) is 72.0 Å². The topological polar surface area (TPSA) is 51.8 Å². The van der Waals surface area contributed by atoms with Gasteiger partial charge in [-0.2, -0.15) is 0 Å². The summed E-state index contributed by atoms with van der Waals surface area (Å²) in [5.41, 5.74) is 13.2. The first-order chi connectivity index (χ1) is 27.2. The fraction of sp³-hybridized carbons (Fsp3) is 0. The number of rotatable bonds is 7. The smallest absolute Gasteiger partial charge is 0.164 e. The molecule has 4 heteroatoms. The number of aromatic nitrogens is 3. The lowest BCUT2D eigenvalue weighted by Gasteiger charge is -2.12. The van der Waals surface area contributed by atoms with Gasteiger partial charge in [0.2, 0.25) is 0 Å². The standard InChI is InChI=1S/C51H33N3O/c1-5-15-34(16-6-1)36-27-29-37(30-28-36)43-23-13-25-45-46-26-14-24-44(48(46)55-47(43)45)41-31-40(35-17-7-2-8-18-35)32-42(33-41)51-53-49(38-19-9-3-10-20-38)52-50(54-51)39-21-11-4-12-22-39/h1-33H. The Labute approximate surface area is 319 Å². The molecule has 0 radical (unpaired) electrons. The Balaban J connectivity index is 1.15. The zero-order chi connectivity index (χ0) is 36.6. The molecule has 4 nitrogen and oxygen atoms in total. The minimum Gasteiger partial charge on any atom is -0.455 e. The minimum absolute atomic E-state index is 0.602. The van der Waals surface area contributed by atoms with Gasteiger partial charge in [-0.15, -0.1) is 0 Å². The molecule has 0 saturated carbocycles. The van der Waals surface area contributed by atoms with E-state index in [2.05, 4.69) is 127 Å². The van der Waals surface area contributed by atoms with Crippen LogP contribution >= 0.6 is 0 Å². The molecular weight excluding hydrogens is 671 g/mol. The van der Waals surface area contributed by atoms with E-state index in [4.69, 9.17) is 19.4 Å². The van der Waals surface area contributed by atoms with E-state index in [1.54, 1.807) is 0 Å². The third kappa shape index (κ3) is 6.16. The molecule has 10 aromatic rings. The average Bonchev–Trinajstić information content (AvgIpc) is 3.67. The van der Waals surface area contributed by atoms with Crippen LogP contribution in [0.25, 0.3) is 101 Å². The molecule has 0 aliphatic carbocycles. The van der Waals surface area contributed by atoms with Crippen LogP contribution in [0.5, 0.6) is 0 Å². The maximum absolute atomic E-state index is 6.94. The highest BCUT2D eigenvalue weighted by Crippen LogP contribution is 2.42. The van der Waals surface area contributed by atoms with Crippen LogP contribution in [-0.4, -0.2) is 15.0 Å². The van der Waals surface area contributed by atoms with Crippen LogP contribution < -0.4 is 0 Å². The third-order valence-corrected chi connectivity index (χ3v) is 10.1. The maximum atomic E-state index is 6.94. The van der Waals surface area contributed by atoms with E-state index in [0.29, 0.717) is 17.5 Å². The molecule has 2 aromatic heterocycles. The largest absolute Gasteiger partial charge is 0.455 e. The Morgan fingerprint density at radius 1 is 0.255 bits per heavy atom. The first kappa shape index (κ1) is 32.2. The van der Waals surface area contributed by atoms with E-state index in [9.17, 15) is 0 Å². The van der Waals surface area contributed by atoms with Gasteiger partial charge in [0.15, 0.2) is 17.5 Å². The first-order valence-corrected chi connectivity index (χ1v) is 18.4. The van der Waals surface area contributed by atoms with Crippen LogP contribution in [-0.2, 0) is 0 Å². The second-order valence-corrected chi connectivity index (χ2v) is 13.6. The number of para-hydroxylation sites is 2. The highest BCUT2D eigenvalue weighted by atomic mass is 16.3. The van der Waals surface area contributed by atoms with Crippen molar-refractivity contribution in [3.8, 4) is 78.7 Å². The first-order valence-electron chi connectivity index (χ1n) is 18.4. The van der Waals surface area contributed by atoms with Gasteiger partial charge in [-0.25, -0.2) is 15.0 Å². The fourth-order valence-corrected chi connectivity index (χ4v) is 7.39. The van der Waals surface area contributed by atoms with Gasteiger partial charge in [0.1, 0.15) is 11.2 Å². The normalized spacial score (nSPS) is 11.3. The van der Waals surface area contributed by atoms with Crippen LogP contribution in [0.4, 0.5) is 0 Å². The van der Waals surface area contributed by atoms with Gasteiger partial charge in [-0.1, -0.05) is 182 Å². The van der Waals surface area contributed by atoms with Crippen molar-refractivity contribution < 1.29 is 4.42 Å². The van der Waals surface area contributed by atoms with Crippen LogP contribution in [0.3, 0.4) is 0 Å². The van der Waals surface area contributed by atoms with Crippen LogP contribution in [0, 0.1) is 0 Å². The van der Waals surface area contributed by atoms with Crippen LogP contribution in [0.15, 0.2) is 205 Å². The summed E-state index contributed by atoms with van der Waals surface area (Å²) in [7, 11) is 0. The van der Waals surface area contributed by atoms with E-state index >= 15 is 0 Å². The summed E-state index contributed by atoms with van der Waals surface area (Å²) in [5, 5.41) is 2.15. The molecular formula is C51H33N3O. The molecule has 10 rings (SSSR count). The summed E-state index contributed by atoms with van der Waals surface area (Å²) in [6.07, 6.45) is 0. The molecule has 0 fully saturated rings. The lowest BCUT2D eigenvalue weighted by atomic mass is 9.94. The molecule has 0 unspecified atom stereocenters. The molecule has 0 bridgehead atoms. The molecule has 8 aromatic carbocycles. The SMILES string of the molecule is c1ccc(-c2ccc(-c3cccc4c3oc3c(-c5cc(-c6ccccc6)cc(-c6nc(-c7ccccc7)nc(-c7ccccc7)n6)c5)cccc34)cc2)cc1. The number of fused-ring (bicyclic) bond motifs is 3. The Kier molecular flexibility index (Phi) is 8.12. The summed E-state index contributed by atoms with van der Waals surface area (Å²) < 4.78 is 6.94. The zero-order valence-electron chi connectivity index (χ0n) is 29.8. The molecule has 55 heavy (non-hydrogen) atoms. The predicted octanol–water partition coefficient (Wildman–Crippen LogP) is 13.4. The fourth-order valence-electron chi connectivity index (χ4n) is 7.39. The second-order valence-electron chi connectivity index (χ2n) is 13.6. The predicted molar refractivity (Wildman–Crippen MR) is 225 cm³/mol. The Morgan fingerprint density at radius 2 is 0.618 bits per heavy atom. The number of hydrogen-bond donors (Lipinski definition) is 0. The van der Waals surface area contributed by atoms with Crippen molar-refractivity contribution in [3.63, 3.8) is 0 Å². The molecule has 0 N–H and O–H groups in total.